The summed E-state index contributed by atoms with van der Waals surface area (Å²) in [7, 11) is 0. The molecule has 0 saturated carbocycles. The van der Waals surface area contributed by atoms with Gasteiger partial charge in [-0.1, -0.05) is 16.8 Å². The first-order valence-corrected chi connectivity index (χ1v) is 7.22. The van der Waals surface area contributed by atoms with Crippen molar-refractivity contribution in [1.29, 1.82) is 0 Å². The molecule has 1 N–H and O–H groups in total. The summed E-state index contributed by atoms with van der Waals surface area (Å²) in [6.07, 6.45) is 0. The smallest absolute Gasteiger partial charge is 0.267 e. The monoisotopic (exact) mass is 332 g/mol. The Labute approximate surface area is 135 Å². The van der Waals surface area contributed by atoms with Crippen LogP contribution in [0.2, 0.25) is 5.02 Å². The molecule has 2 heterocycles. The van der Waals surface area contributed by atoms with E-state index >= 15 is 0 Å². The Hall–Kier alpha value is -2.67. The van der Waals surface area contributed by atoms with Crippen molar-refractivity contribution in [1.82, 2.24) is 14.7 Å². The van der Waals surface area contributed by atoms with Gasteiger partial charge in [0, 0.05) is 10.7 Å². The Bertz CT molecular complexity index is 944. The van der Waals surface area contributed by atoms with Gasteiger partial charge in [-0.2, -0.15) is 4.98 Å². The highest BCUT2D eigenvalue weighted by Gasteiger charge is 2.16. The SMILES string of the molecule is Cc1noc2nc(C)n(CC(=O)Nc3ccc(Cl)cc3)c(=O)c12. The molecule has 0 bridgehead atoms. The van der Waals surface area contributed by atoms with Crippen LogP contribution in [-0.4, -0.2) is 20.6 Å². The number of aryl methyl sites for hydroxylation is 2. The lowest BCUT2D eigenvalue weighted by molar-refractivity contribution is -0.116. The van der Waals surface area contributed by atoms with Crippen LogP contribution in [0.5, 0.6) is 0 Å². The third-order valence-corrected chi connectivity index (χ3v) is 3.64. The first-order chi connectivity index (χ1) is 11.0. The number of aromatic nitrogens is 3. The molecule has 0 atom stereocenters. The number of benzene rings is 1. The molecular weight excluding hydrogens is 320 g/mol. The second kappa shape index (κ2) is 5.85. The lowest BCUT2D eigenvalue weighted by Crippen LogP contribution is -2.30. The minimum Gasteiger partial charge on any atom is -0.335 e. The molecule has 0 spiro atoms. The van der Waals surface area contributed by atoms with Gasteiger partial charge in [-0.15, -0.1) is 0 Å². The summed E-state index contributed by atoms with van der Waals surface area (Å²) in [5.41, 5.74) is 0.876. The molecule has 118 valence electrons. The zero-order valence-electron chi connectivity index (χ0n) is 12.5. The van der Waals surface area contributed by atoms with E-state index < -0.39 is 0 Å². The number of nitrogens with one attached hydrogen (secondary N) is 1. The van der Waals surface area contributed by atoms with Crippen molar-refractivity contribution in [2.24, 2.45) is 0 Å². The second-order valence-corrected chi connectivity index (χ2v) is 5.49. The van der Waals surface area contributed by atoms with Gasteiger partial charge in [0.2, 0.25) is 5.91 Å². The van der Waals surface area contributed by atoms with E-state index in [1.165, 1.54) is 4.57 Å². The maximum absolute atomic E-state index is 12.5. The number of carbonyl (C=O) groups excluding carboxylic acids is 1. The highest BCUT2D eigenvalue weighted by molar-refractivity contribution is 6.30. The Morgan fingerprint density at radius 1 is 1.30 bits per heavy atom. The summed E-state index contributed by atoms with van der Waals surface area (Å²) in [5.74, 6) is 0.0395. The third kappa shape index (κ3) is 2.95. The summed E-state index contributed by atoms with van der Waals surface area (Å²) < 4.78 is 6.28. The molecule has 2 aromatic heterocycles. The zero-order chi connectivity index (χ0) is 16.6. The third-order valence-electron chi connectivity index (χ3n) is 3.39. The van der Waals surface area contributed by atoms with E-state index in [4.69, 9.17) is 16.1 Å². The minimum atomic E-state index is -0.350. The van der Waals surface area contributed by atoms with Crippen molar-refractivity contribution < 1.29 is 9.32 Å². The van der Waals surface area contributed by atoms with Crippen LogP contribution in [-0.2, 0) is 11.3 Å². The second-order valence-electron chi connectivity index (χ2n) is 5.05. The van der Waals surface area contributed by atoms with Gasteiger partial charge in [-0.3, -0.25) is 14.2 Å². The summed E-state index contributed by atoms with van der Waals surface area (Å²) in [5, 5.41) is 7.30. The van der Waals surface area contributed by atoms with Gasteiger partial charge in [-0.25, -0.2) is 0 Å². The standard InChI is InChI=1S/C15H13ClN4O3/c1-8-13-14(23-19-8)17-9(2)20(15(13)22)7-12(21)18-11-5-3-10(16)4-6-11/h3-6H,7H2,1-2H3,(H,18,21). The Balaban J connectivity index is 1.88. The van der Waals surface area contributed by atoms with Crippen LogP contribution in [0.4, 0.5) is 5.69 Å². The van der Waals surface area contributed by atoms with Gasteiger partial charge in [0.15, 0.2) is 0 Å². The van der Waals surface area contributed by atoms with Gasteiger partial charge in [0.1, 0.15) is 17.8 Å². The fraction of sp³-hybridized carbons (Fsp3) is 0.200. The number of halogens is 1. The number of hydrogen-bond donors (Lipinski definition) is 1. The lowest BCUT2D eigenvalue weighted by Gasteiger charge is -2.09. The van der Waals surface area contributed by atoms with Gasteiger partial charge < -0.3 is 9.84 Å². The average molecular weight is 333 g/mol. The maximum Gasteiger partial charge on any atom is 0.267 e. The van der Waals surface area contributed by atoms with Crippen LogP contribution in [0.15, 0.2) is 33.6 Å². The minimum absolute atomic E-state index is 0.152. The molecule has 0 radical (unpaired) electrons. The van der Waals surface area contributed by atoms with Crippen LogP contribution in [0, 0.1) is 13.8 Å². The van der Waals surface area contributed by atoms with Gasteiger partial charge in [0.25, 0.3) is 11.3 Å². The number of rotatable bonds is 3. The largest absolute Gasteiger partial charge is 0.335 e. The van der Waals surface area contributed by atoms with Crippen molar-refractivity contribution in [2.75, 3.05) is 5.32 Å². The zero-order valence-corrected chi connectivity index (χ0v) is 13.2. The van der Waals surface area contributed by atoms with E-state index in [1.54, 1.807) is 38.1 Å². The molecule has 0 saturated heterocycles. The van der Waals surface area contributed by atoms with Crippen LogP contribution in [0.25, 0.3) is 11.1 Å². The molecule has 1 aromatic carbocycles. The summed E-state index contributed by atoms with van der Waals surface area (Å²) in [6, 6.07) is 6.70. The predicted molar refractivity (Wildman–Crippen MR) is 85.6 cm³/mol. The van der Waals surface area contributed by atoms with Crippen molar-refractivity contribution in [3.05, 3.63) is 51.2 Å². The Morgan fingerprint density at radius 3 is 2.70 bits per heavy atom. The van der Waals surface area contributed by atoms with Crippen LogP contribution < -0.4 is 10.9 Å². The van der Waals surface area contributed by atoms with Gasteiger partial charge in [-0.05, 0) is 38.1 Å². The van der Waals surface area contributed by atoms with E-state index in [2.05, 4.69) is 15.5 Å². The first-order valence-electron chi connectivity index (χ1n) is 6.84. The summed E-state index contributed by atoms with van der Waals surface area (Å²) in [6.45, 7) is 3.14. The Morgan fingerprint density at radius 2 is 2.00 bits per heavy atom. The van der Waals surface area contributed by atoms with E-state index in [-0.39, 0.29) is 29.1 Å². The number of amides is 1. The maximum atomic E-state index is 12.5. The molecule has 23 heavy (non-hydrogen) atoms. The number of carbonyl (C=O) groups is 1. The molecule has 0 aliphatic heterocycles. The van der Waals surface area contributed by atoms with Crippen molar-refractivity contribution >= 4 is 34.3 Å². The highest BCUT2D eigenvalue weighted by atomic mass is 35.5. The predicted octanol–water partition coefficient (Wildman–Crippen LogP) is 2.29. The fourth-order valence-electron chi connectivity index (χ4n) is 2.23. The Kier molecular flexibility index (Phi) is 3.87. The lowest BCUT2D eigenvalue weighted by atomic mass is 10.3. The molecule has 0 fully saturated rings. The number of hydrogen-bond acceptors (Lipinski definition) is 5. The van der Waals surface area contributed by atoms with Crippen molar-refractivity contribution in [2.45, 2.75) is 20.4 Å². The summed E-state index contributed by atoms with van der Waals surface area (Å²) >= 11 is 5.80. The molecule has 3 rings (SSSR count). The summed E-state index contributed by atoms with van der Waals surface area (Å²) in [4.78, 5) is 28.8. The molecule has 1 amide bonds. The van der Waals surface area contributed by atoms with E-state index in [0.29, 0.717) is 22.2 Å². The van der Waals surface area contributed by atoms with E-state index in [9.17, 15) is 9.59 Å². The number of nitrogens with zero attached hydrogens (tertiary/aromatic N) is 3. The van der Waals surface area contributed by atoms with Crippen molar-refractivity contribution in [3.8, 4) is 0 Å². The molecule has 0 aliphatic carbocycles. The molecule has 3 aromatic rings. The highest BCUT2D eigenvalue weighted by Crippen LogP contribution is 2.14. The van der Waals surface area contributed by atoms with E-state index in [1.807, 2.05) is 0 Å². The van der Waals surface area contributed by atoms with E-state index in [0.717, 1.165) is 0 Å². The average Bonchev–Trinajstić information content (AvgIpc) is 2.87. The normalized spacial score (nSPS) is 10.9. The van der Waals surface area contributed by atoms with Gasteiger partial charge in [0.05, 0.1) is 5.69 Å². The van der Waals surface area contributed by atoms with Gasteiger partial charge >= 0.3 is 0 Å². The van der Waals surface area contributed by atoms with Crippen molar-refractivity contribution in [3.63, 3.8) is 0 Å². The molecule has 7 nitrogen and oxygen atoms in total. The number of fused-ring (bicyclic) bond motifs is 1. The van der Waals surface area contributed by atoms with Crippen LogP contribution in [0.1, 0.15) is 11.5 Å². The molecule has 0 aliphatic rings. The first kappa shape index (κ1) is 15.2. The molecular formula is C15H13ClN4O3. The topological polar surface area (TPSA) is 90.0 Å². The van der Waals surface area contributed by atoms with Crippen LogP contribution >= 0.6 is 11.6 Å². The number of anilines is 1. The van der Waals surface area contributed by atoms with Crippen LogP contribution in [0.3, 0.4) is 0 Å². The fourth-order valence-corrected chi connectivity index (χ4v) is 2.36. The molecule has 0 unspecified atom stereocenters. The quantitative estimate of drug-likeness (QED) is 0.794. The molecule has 8 heteroatoms.